The topological polar surface area (TPSA) is 181 Å². The van der Waals surface area contributed by atoms with Gasteiger partial charge in [0.25, 0.3) is 17.7 Å². The van der Waals surface area contributed by atoms with Crippen molar-refractivity contribution in [2.45, 2.75) is 76.5 Å². The molecule has 1 aromatic carbocycles. The molecule has 5 aliphatic rings. The van der Waals surface area contributed by atoms with E-state index in [2.05, 4.69) is 41.9 Å². The number of allylic oxidation sites excluding steroid dienone is 1. The number of ether oxygens (including phenoxy) is 1. The van der Waals surface area contributed by atoms with E-state index in [1.54, 1.807) is 49.7 Å². The number of nitrogens with zero attached hydrogens (tertiary/aromatic N) is 7. The SMILES string of the molecule is C=C(/C=C\C1=C(C)C(=O)N(C2CCC(=O)NC2=O)C1=O)N1CCN(CC2CCN(c3cnc(C(=O)N[C@H]4CC[C@H](Oc5ccc(C#N)c(Cl)c5)CC4)cn3)CC2)CC1. The molecule has 1 unspecified atom stereocenters. The van der Waals surface area contributed by atoms with Gasteiger partial charge in [-0.25, -0.2) is 9.97 Å². The molecule has 5 amide bonds. The highest BCUT2D eigenvalue weighted by Gasteiger charge is 2.44. The van der Waals surface area contributed by atoms with Crippen LogP contribution in [0.25, 0.3) is 0 Å². The van der Waals surface area contributed by atoms with Crippen LogP contribution in [0.3, 0.4) is 0 Å². The van der Waals surface area contributed by atoms with Gasteiger partial charge in [0.05, 0.1) is 29.1 Å². The van der Waals surface area contributed by atoms with Gasteiger partial charge in [0.15, 0.2) is 0 Å². The third-order valence-corrected chi connectivity index (χ3v) is 12.1. The van der Waals surface area contributed by atoms with E-state index < -0.39 is 29.7 Å². The molecule has 1 aromatic heterocycles. The number of piperidine rings is 2. The van der Waals surface area contributed by atoms with Crippen LogP contribution in [-0.4, -0.2) is 118 Å². The maximum absolute atomic E-state index is 13.2. The molecule has 4 fully saturated rings. The van der Waals surface area contributed by atoms with E-state index >= 15 is 0 Å². The zero-order chi connectivity index (χ0) is 40.9. The van der Waals surface area contributed by atoms with Gasteiger partial charge in [0.2, 0.25) is 11.8 Å². The molecule has 16 heteroatoms. The molecule has 3 saturated heterocycles. The Balaban J connectivity index is 0.799. The first-order valence-electron chi connectivity index (χ1n) is 20.0. The summed E-state index contributed by atoms with van der Waals surface area (Å²) < 4.78 is 6.07. The number of anilines is 1. The minimum atomic E-state index is -0.989. The van der Waals surface area contributed by atoms with Gasteiger partial charge in [0.1, 0.15) is 29.4 Å². The minimum absolute atomic E-state index is 0.0179. The first kappa shape index (κ1) is 40.6. The number of halogens is 1. The molecule has 0 bridgehead atoms. The fourth-order valence-corrected chi connectivity index (χ4v) is 8.55. The van der Waals surface area contributed by atoms with Crippen LogP contribution in [0.2, 0.25) is 5.02 Å². The number of hydrogen-bond donors (Lipinski definition) is 2. The third-order valence-electron chi connectivity index (χ3n) is 11.8. The molecular weight excluding hydrogens is 762 g/mol. The molecule has 1 aliphatic carbocycles. The van der Waals surface area contributed by atoms with E-state index in [0.717, 1.165) is 101 Å². The van der Waals surface area contributed by atoms with E-state index in [9.17, 15) is 24.0 Å². The molecule has 304 valence electrons. The van der Waals surface area contributed by atoms with E-state index in [4.69, 9.17) is 21.6 Å². The minimum Gasteiger partial charge on any atom is -0.490 e. The van der Waals surface area contributed by atoms with Crippen molar-refractivity contribution >= 4 is 47.0 Å². The predicted molar refractivity (Wildman–Crippen MR) is 214 cm³/mol. The highest BCUT2D eigenvalue weighted by molar-refractivity contribution is 6.31. The van der Waals surface area contributed by atoms with Gasteiger partial charge in [-0.1, -0.05) is 18.2 Å². The van der Waals surface area contributed by atoms with E-state index in [0.29, 0.717) is 27.9 Å². The molecule has 0 spiro atoms. The zero-order valence-electron chi connectivity index (χ0n) is 32.6. The van der Waals surface area contributed by atoms with Gasteiger partial charge < -0.3 is 19.9 Å². The summed E-state index contributed by atoms with van der Waals surface area (Å²) >= 11 is 6.14. The monoisotopic (exact) mass is 809 g/mol. The molecule has 1 atom stereocenters. The Kier molecular flexibility index (Phi) is 12.5. The number of piperazine rings is 1. The number of benzene rings is 1. The summed E-state index contributed by atoms with van der Waals surface area (Å²) in [6.07, 6.45) is 12.0. The molecule has 2 aromatic rings. The van der Waals surface area contributed by atoms with Crippen molar-refractivity contribution in [3.8, 4) is 11.8 Å². The molecule has 1 saturated carbocycles. The molecule has 5 heterocycles. The summed E-state index contributed by atoms with van der Waals surface area (Å²) in [5.41, 5.74) is 1.97. The standard InChI is InChI=1S/C42H48ClN9O6/c1-26(3-10-33-27(2)41(56)52(42(33)57)36-11-12-38(53)48-40(36)55)50-19-17-49(18-20-50)25-28-13-15-51(16-14-28)37-24-45-35(23-46-37)39(54)47-30-5-8-31(9-6-30)58-32-7-4-29(22-44)34(43)21-32/h3-4,7,10,21,23-24,28,30-31,36H,1,5-6,8-9,11-20,25H2,2H3,(H,47,54)(H,48,53,55)/b10-3-/t30-,31-,36?. The largest absolute Gasteiger partial charge is 0.490 e. The van der Waals surface area contributed by atoms with Crippen LogP contribution >= 0.6 is 11.6 Å². The van der Waals surface area contributed by atoms with Crippen LogP contribution < -0.4 is 20.3 Å². The second-order valence-electron chi connectivity index (χ2n) is 15.6. The van der Waals surface area contributed by atoms with Crippen LogP contribution in [0.15, 0.2) is 66.2 Å². The van der Waals surface area contributed by atoms with Crippen LogP contribution in [0, 0.1) is 17.2 Å². The zero-order valence-corrected chi connectivity index (χ0v) is 33.4. The van der Waals surface area contributed by atoms with Crippen molar-refractivity contribution in [2.75, 3.05) is 50.7 Å². The van der Waals surface area contributed by atoms with Crippen molar-refractivity contribution in [3.63, 3.8) is 0 Å². The Bertz CT molecular complexity index is 2060. The predicted octanol–water partition coefficient (Wildman–Crippen LogP) is 3.52. The van der Waals surface area contributed by atoms with Crippen molar-refractivity contribution < 1.29 is 28.7 Å². The van der Waals surface area contributed by atoms with Gasteiger partial charge in [-0.3, -0.25) is 39.1 Å². The lowest BCUT2D eigenvalue weighted by Crippen LogP contribution is -2.54. The second-order valence-corrected chi connectivity index (χ2v) is 16.0. The fourth-order valence-electron chi connectivity index (χ4n) is 8.34. The Morgan fingerprint density at radius 1 is 1.00 bits per heavy atom. The first-order valence-corrected chi connectivity index (χ1v) is 20.4. The second kappa shape index (κ2) is 17.9. The lowest BCUT2D eigenvalue weighted by atomic mass is 9.93. The number of amides is 5. The quantitative estimate of drug-likeness (QED) is 0.250. The van der Waals surface area contributed by atoms with Crippen LogP contribution in [0.4, 0.5) is 5.82 Å². The van der Waals surface area contributed by atoms with Crippen LogP contribution in [0.1, 0.15) is 74.3 Å². The number of aromatic nitrogens is 2. The number of rotatable bonds is 11. The fraction of sp³-hybridized carbons (Fsp3) is 0.476. The van der Waals surface area contributed by atoms with Gasteiger partial charge in [-0.05, 0) is 82.1 Å². The van der Waals surface area contributed by atoms with Crippen molar-refractivity contribution in [1.82, 2.24) is 35.3 Å². The highest BCUT2D eigenvalue weighted by Crippen LogP contribution is 2.29. The summed E-state index contributed by atoms with van der Waals surface area (Å²) in [5.74, 6) is -0.340. The maximum Gasteiger partial charge on any atom is 0.271 e. The molecule has 2 N–H and O–H groups in total. The number of nitrogens with one attached hydrogen (secondary N) is 2. The maximum atomic E-state index is 13.2. The summed E-state index contributed by atoms with van der Waals surface area (Å²) in [5, 5.41) is 14.8. The number of nitriles is 1. The molecule has 0 radical (unpaired) electrons. The Labute approximate surface area is 342 Å². The molecule has 15 nitrogen and oxygen atoms in total. The summed E-state index contributed by atoms with van der Waals surface area (Å²) in [4.78, 5) is 79.9. The van der Waals surface area contributed by atoms with E-state index in [1.807, 2.05) is 6.07 Å². The van der Waals surface area contributed by atoms with Crippen molar-refractivity contribution in [3.05, 3.63) is 82.4 Å². The normalized spacial score (nSPS) is 23.7. The number of carbonyl (C=O) groups excluding carboxylic acids is 5. The Hall–Kier alpha value is -5.59. The van der Waals surface area contributed by atoms with Crippen LogP contribution in [0.5, 0.6) is 5.75 Å². The average molecular weight is 810 g/mol. The van der Waals surface area contributed by atoms with Crippen molar-refractivity contribution in [1.29, 1.82) is 5.26 Å². The molecule has 58 heavy (non-hydrogen) atoms. The van der Waals surface area contributed by atoms with Gasteiger partial charge in [0, 0.05) is 81.2 Å². The smallest absolute Gasteiger partial charge is 0.271 e. The Morgan fingerprint density at radius 2 is 1.74 bits per heavy atom. The van der Waals surface area contributed by atoms with Crippen LogP contribution in [-0.2, 0) is 19.2 Å². The summed E-state index contributed by atoms with van der Waals surface area (Å²) in [7, 11) is 0. The molecule has 4 aliphatic heterocycles. The van der Waals surface area contributed by atoms with E-state index in [-0.39, 0.29) is 42.0 Å². The van der Waals surface area contributed by atoms with Gasteiger partial charge in [-0.2, -0.15) is 5.26 Å². The summed E-state index contributed by atoms with van der Waals surface area (Å²) in [6.45, 7) is 11.9. The summed E-state index contributed by atoms with van der Waals surface area (Å²) in [6, 6.07) is 6.17. The van der Waals surface area contributed by atoms with E-state index in [1.165, 1.54) is 0 Å². The average Bonchev–Trinajstić information content (AvgIpc) is 3.43. The number of carbonyl (C=O) groups is 5. The number of hydrogen-bond acceptors (Lipinski definition) is 12. The highest BCUT2D eigenvalue weighted by atomic mass is 35.5. The van der Waals surface area contributed by atoms with Gasteiger partial charge >= 0.3 is 0 Å². The third kappa shape index (κ3) is 9.24. The number of imide groups is 2. The molecule has 7 rings (SSSR count). The lowest BCUT2D eigenvalue weighted by molar-refractivity contribution is -0.150. The lowest BCUT2D eigenvalue weighted by Gasteiger charge is -2.40. The molecular formula is C42H48ClN9O6. The van der Waals surface area contributed by atoms with Gasteiger partial charge in [-0.15, -0.1) is 0 Å². The van der Waals surface area contributed by atoms with Crippen molar-refractivity contribution in [2.24, 2.45) is 5.92 Å². The first-order chi connectivity index (χ1) is 28.0. The Morgan fingerprint density at radius 3 is 2.40 bits per heavy atom.